The Morgan fingerprint density at radius 1 is 1.16 bits per heavy atom. The second-order valence-corrected chi connectivity index (χ2v) is 8.12. The molecule has 3 aromatic rings. The van der Waals surface area contributed by atoms with Crippen molar-refractivity contribution < 1.29 is 17.9 Å². The van der Waals surface area contributed by atoms with Crippen molar-refractivity contribution in [2.45, 2.75) is 18.7 Å². The molecule has 0 saturated carbocycles. The van der Waals surface area contributed by atoms with E-state index in [1.807, 2.05) is 13.0 Å². The van der Waals surface area contributed by atoms with Crippen molar-refractivity contribution in [3.63, 3.8) is 0 Å². The zero-order chi connectivity index (χ0) is 18.0. The van der Waals surface area contributed by atoms with Crippen LogP contribution in [0, 0.1) is 6.92 Å². The summed E-state index contributed by atoms with van der Waals surface area (Å²) in [6.45, 7) is 3.74. The number of benzene rings is 2. The van der Waals surface area contributed by atoms with Crippen molar-refractivity contribution in [3.8, 4) is 0 Å². The third-order valence-electron chi connectivity index (χ3n) is 3.55. The van der Waals surface area contributed by atoms with Gasteiger partial charge in [0.05, 0.1) is 6.61 Å². The number of thiophene rings is 1. The van der Waals surface area contributed by atoms with Gasteiger partial charge in [-0.1, -0.05) is 30.3 Å². The summed E-state index contributed by atoms with van der Waals surface area (Å²) in [6.07, 6.45) is 0. The second kappa shape index (κ2) is 6.85. The molecule has 7 heteroatoms. The SMILES string of the molecule is CCOC(=O)c1sc2ccccc2c1S(=O)(=O)Nc1cccc(C)c1. The Morgan fingerprint density at radius 2 is 1.92 bits per heavy atom. The van der Waals surface area contributed by atoms with E-state index in [-0.39, 0.29) is 16.4 Å². The van der Waals surface area contributed by atoms with Gasteiger partial charge < -0.3 is 4.74 Å². The van der Waals surface area contributed by atoms with E-state index in [2.05, 4.69) is 4.72 Å². The molecule has 0 amide bonds. The number of carbonyl (C=O) groups excluding carboxylic acids is 1. The van der Waals surface area contributed by atoms with Crippen molar-refractivity contribution in [2.24, 2.45) is 0 Å². The first-order valence-corrected chi connectivity index (χ1v) is 10.0. The van der Waals surface area contributed by atoms with Gasteiger partial charge in [0.2, 0.25) is 0 Å². The van der Waals surface area contributed by atoms with Gasteiger partial charge in [-0.15, -0.1) is 11.3 Å². The fourth-order valence-electron chi connectivity index (χ4n) is 2.53. The molecule has 1 aromatic heterocycles. The fourth-order valence-corrected chi connectivity index (χ4v) is 5.38. The molecule has 0 aliphatic rings. The minimum absolute atomic E-state index is 0.0342. The Balaban J connectivity index is 2.15. The van der Waals surface area contributed by atoms with E-state index in [1.54, 1.807) is 49.4 Å². The summed E-state index contributed by atoms with van der Waals surface area (Å²) < 4.78 is 34.3. The number of hydrogen-bond donors (Lipinski definition) is 1. The molecule has 0 spiro atoms. The molecule has 0 radical (unpaired) electrons. The van der Waals surface area contributed by atoms with E-state index in [0.29, 0.717) is 11.1 Å². The zero-order valence-corrected chi connectivity index (χ0v) is 15.4. The van der Waals surface area contributed by atoms with Gasteiger partial charge in [0.1, 0.15) is 9.77 Å². The van der Waals surface area contributed by atoms with Gasteiger partial charge in [0.15, 0.2) is 0 Å². The van der Waals surface area contributed by atoms with Crippen LogP contribution in [-0.4, -0.2) is 21.0 Å². The van der Waals surface area contributed by atoms with Crippen LogP contribution in [0.25, 0.3) is 10.1 Å². The van der Waals surface area contributed by atoms with Gasteiger partial charge >= 0.3 is 5.97 Å². The molecule has 3 rings (SSSR count). The smallest absolute Gasteiger partial charge is 0.349 e. The first kappa shape index (κ1) is 17.4. The molecular formula is C18H17NO4S2. The van der Waals surface area contributed by atoms with Crippen LogP contribution in [-0.2, 0) is 14.8 Å². The Hall–Kier alpha value is -2.38. The van der Waals surface area contributed by atoms with Crippen molar-refractivity contribution in [2.75, 3.05) is 11.3 Å². The number of anilines is 1. The topological polar surface area (TPSA) is 72.5 Å². The Labute approximate surface area is 150 Å². The van der Waals surface area contributed by atoms with Crippen LogP contribution in [0.5, 0.6) is 0 Å². The lowest BCUT2D eigenvalue weighted by Gasteiger charge is -2.10. The number of rotatable bonds is 5. The first-order valence-electron chi connectivity index (χ1n) is 7.70. The van der Waals surface area contributed by atoms with Gasteiger partial charge in [0.25, 0.3) is 10.0 Å². The summed E-state index contributed by atoms with van der Waals surface area (Å²) in [6, 6.07) is 14.1. The predicted molar refractivity (Wildman–Crippen MR) is 99.8 cm³/mol. The monoisotopic (exact) mass is 375 g/mol. The minimum atomic E-state index is -3.95. The molecular weight excluding hydrogens is 358 g/mol. The third kappa shape index (κ3) is 3.52. The number of sulfonamides is 1. The van der Waals surface area contributed by atoms with Gasteiger partial charge in [-0.2, -0.15) is 0 Å². The van der Waals surface area contributed by atoms with E-state index in [1.165, 1.54) is 0 Å². The maximum atomic E-state index is 13.0. The molecule has 130 valence electrons. The number of nitrogens with one attached hydrogen (secondary N) is 1. The highest BCUT2D eigenvalue weighted by Gasteiger charge is 2.29. The van der Waals surface area contributed by atoms with Gasteiger partial charge in [0, 0.05) is 15.8 Å². The van der Waals surface area contributed by atoms with Crippen molar-refractivity contribution >= 4 is 43.1 Å². The van der Waals surface area contributed by atoms with Gasteiger partial charge in [-0.05, 0) is 37.6 Å². The van der Waals surface area contributed by atoms with Gasteiger partial charge in [-0.25, -0.2) is 13.2 Å². The molecule has 0 atom stereocenters. The zero-order valence-electron chi connectivity index (χ0n) is 13.8. The number of aryl methyl sites for hydroxylation is 1. The molecule has 5 nitrogen and oxygen atoms in total. The number of esters is 1. The molecule has 0 aliphatic carbocycles. The van der Waals surface area contributed by atoms with Crippen LogP contribution in [0.15, 0.2) is 53.4 Å². The Morgan fingerprint density at radius 3 is 2.64 bits per heavy atom. The molecule has 2 aromatic carbocycles. The summed E-state index contributed by atoms with van der Waals surface area (Å²) >= 11 is 1.12. The molecule has 25 heavy (non-hydrogen) atoms. The Bertz CT molecular complexity index is 1040. The summed E-state index contributed by atoms with van der Waals surface area (Å²) in [5.41, 5.74) is 1.38. The largest absolute Gasteiger partial charge is 0.462 e. The van der Waals surface area contributed by atoms with E-state index < -0.39 is 16.0 Å². The van der Waals surface area contributed by atoms with Crippen LogP contribution in [0.1, 0.15) is 22.2 Å². The second-order valence-electron chi connectivity index (χ2n) is 5.45. The lowest BCUT2D eigenvalue weighted by molar-refractivity contribution is 0.0528. The normalized spacial score (nSPS) is 11.4. The van der Waals surface area contributed by atoms with Crippen LogP contribution in [0.3, 0.4) is 0 Å². The van der Waals surface area contributed by atoms with Crippen LogP contribution >= 0.6 is 11.3 Å². The maximum absolute atomic E-state index is 13.0. The Kier molecular flexibility index (Phi) is 4.78. The molecule has 1 heterocycles. The predicted octanol–water partition coefficient (Wildman–Crippen LogP) is 4.19. The van der Waals surface area contributed by atoms with E-state index >= 15 is 0 Å². The highest BCUT2D eigenvalue weighted by Crippen LogP contribution is 2.36. The molecule has 0 saturated heterocycles. The molecule has 1 N–H and O–H groups in total. The van der Waals surface area contributed by atoms with Crippen LogP contribution in [0.4, 0.5) is 5.69 Å². The third-order valence-corrected chi connectivity index (χ3v) is 6.30. The molecule has 0 unspecified atom stereocenters. The van der Waals surface area contributed by atoms with Crippen molar-refractivity contribution in [1.82, 2.24) is 0 Å². The summed E-state index contributed by atoms with van der Waals surface area (Å²) in [4.78, 5) is 12.3. The molecule has 0 aliphatic heterocycles. The van der Waals surface area contributed by atoms with Gasteiger partial charge in [-0.3, -0.25) is 4.72 Å². The van der Waals surface area contributed by atoms with E-state index in [4.69, 9.17) is 4.74 Å². The first-order chi connectivity index (χ1) is 11.9. The number of fused-ring (bicyclic) bond motifs is 1. The minimum Gasteiger partial charge on any atom is -0.462 e. The number of ether oxygens (including phenoxy) is 1. The highest BCUT2D eigenvalue weighted by atomic mass is 32.2. The lowest BCUT2D eigenvalue weighted by atomic mass is 10.2. The molecule has 0 bridgehead atoms. The average Bonchev–Trinajstić information content (AvgIpc) is 2.95. The average molecular weight is 375 g/mol. The number of carbonyl (C=O) groups is 1. The summed E-state index contributed by atoms with van der Waals surface area (Å²) in [5.74, 6) is -0.631. The summed E-state index contributed by atoms with van der Waals surface area (Å²) in [7, 11) is -3.95. The lowest BCUT2D eigenvalue weighted by Crippen LogP contribution is -2.16. The van der Waals surface area contributed by atoms with Crippen LogP contribution in [0.2, 0.25) is 0 Å². The quantitative estimate of drug-likeness (QED) is 0.679. The standard InChI is InChI=1S/C18H17NO4S2/c1-3-23-18(20)16-17(14-9-4-5-10-15(14)24-16)25(21,22)19-13-8-6-7-12(2)11-13/h4-11,19H,3H2,1-2H3. The van der Waals surface area contributed by atoms with Crippen LogP contribution < -0.4 is 4.72 Å². The molecule has 0 fully saturated rings. The maximum Gasteiger partial charge on any atom is 0.349 e. The van der Waals surface area contributed by atoms with Crippen molar-refractivity contribution in [3.05, 3.63) is 59.0 Å². The van der Waals surface area contributed by atoms with E-state index in [0.717, 1.165) is 21.6 Å². The van der Waals surface area contributed by atoms with Crippen molar-refractivity contribution in [1.29, 1.82) is 0 Å². The van der Waals surface area contributed by atoms with E-state index in [9.17, 15) is 13.2 Å². The fraction of sp³-hybridized carbons (Fsp3) is 0.167. The summed E-state index contributed by atoms with van der Waals surface area (Å²) in [5, 5.41) is 0.510. The highest BCUT2D eigenvalue weighted by molar-refractivity contribution is 7.93. The number of hydrogen-bond acceptors (Lipinski definition) is 5.